The van der Waals surface area contributed by atoms with Gasteiger partial charge in [0, 0.05) is 26.2 Å². The number of amides is 1. The van der Waals surface area contributed by atoms with E-state index in [4.69, 9.17) is 52.5 Å². The number of benzene rings is 1. The van der Waals surface area contributed by atoms with E-state index in [1.54, 1.807) is 0 Å². The number of aromatic nitrogens is 2. The molecule has 2 fully saturated rings. The van der Waals surface area contributed by atoms with Crippen molar-refractivity contribution in [3.63, 3.8) is 0 Å². The molecule has 0 saturated carbocycles. The number of ether oxygens (including phenoxy) is 5. The van der Waals surface area contributed by atoms with Gasteiger partial charge in [0.2, 0.25) is 0 Å². The normalized spacial score (nSPS) is 20.7. The summed E-state index contributed by atoms with van der Waals surface area (Å²) in [6, 6.07) is 8.12. The first kappa shape index (κ1) is 35.6. The van der Waals surface area contributed by atoms with Crippen molar-refractivity contribution in [2.24, 2.45) is 10.7 Å². The van der Waals surface area contributed by atoms with Crippen LogP contribution in [-0.2, 0) is 25.4 Å². The SMILES string of the molecule is CC1(C)OC[C@@H](CCN(CCOc2ccc(CCCCN=C(N)NC(=O)c3nc(Cl)c(N)nc3N)cc2)C[C@H]2COC(C)(C)O2)O1. The van der Waals surface area contributed by atoms with Crippen molar-refractivity contribution in [2.75, 3.05) is 57.5 Å². The lowest BCUT2D eigenvalue weighted by atomic mass is 10.1. The molecular formula is C31H47ClN8O6. The molecule has 1 aromatic carbocycles. The number of halogens is 1. The van der Waals surface area contributed by atoms with E-state index in [9.17, 15) is 4.79 Å². The molecular weight excluding hydrogens is 616 g/mol. The van der Waals surface area contributed by atoms with Crippen LogP contribution in [0.1, 0.15) is 63.0 Å². The highest BCUT2D eigenvalue weighted by Gasteiger charge is 2.35. The Kier molecular flexibility index (Phi) is 12.4. The third-order valence-corrected chi connectivity index (χ3v) is 7.76. The fourth-order valence-electron chi connectivity index (χ4n) is 5.18. The second-order valence-electron chi connectivity index (χ2n) is 12.3. The second kappa shape index (κ2) is 16.0. The molecule has 15 heteroatoms. The van der Waals surface area contributed by atoms with Gasteiger partial charge in [-0.1, -0.05) is 23.7 Å². The molecule has 0 aliphatic carbocycles. The first-order chi connectivity index (χ1) is 21.8. The summed E-state index contributed by atoms with van der Waals surface area (Å²) in [7, 11) is 0. The van der Waals surface area contributed by atoms with Crippen LogP contribution >= 0.6 is 11.6 Å². The van der Waals surface area contributed by atoms with E-state index in [1.165, 1.54) is 5.56 Å². The lowest BCUT2D eigenvalue weighted by Gasteiger charge is -2.27. The molecule has 0 radical (unpaired) electrons. The minimum Gasteiger partial charge on any atom is -0.492 e. The number of carbonyl (C=O) groups is 1. The van der Waals surface area contributed by atoms with Crippen molar-refractivity contribution in [2.45, 2.75) is 77.2 Å². The predicted molar refractivity (Wildman–Crippen MR) is 176 cm³/mol. The van der Waals surface area contributed by atoms with Crippen LogP contribution in [-0.4, -0.2) is 96.5 Å². The van der Waals surface area contributed by atoms with Crippen LogP contribution in [0.15, 0.2) is 29.3 Å². The number of carbonyl (C=O) groups excluding carboxylic acids is 1. The van der Waals surface area contributed by atoms with Gasteiger partial charge in [0.15, 0.2) is 40.0 Å². The molecule has 7 N–H and O–H groups in total. The van der Waals surface area contributed by atoms with Crippen LogP contribution in [0, 0.1) is 0 Å². The Bertz CT molecular complexity index is 1340. The van der Waals surface area contributed by atoms with Crippen LogP contribution in [0.3, 0.4) is 0 Å². The van der Waals surface area contributed by atoms with E-state index in [1.807, 2.05) is 39.8 Å². The molecule has 2 aliphatic rings. The number of nitrogens with one attached hydrogen (secondary N) is 1. The van der Waals surface area contributed by atoms with Crippen molar-refractivity contribution in [1.29, 1.82) is 0 Å². The highest BCUT2D eigenvalue weighted by Crippen LogP contribution is 2.26. The summed E-state index contributed by atoms with van der Waals surface area (Å²) in [6.07, 6.45) is 3.49. The van der Waals surface area contributed by atoms with Gasteiger partial charge in [0.25, 0.3) is 5.91 Å². The van der Waals surface area contributed by atoms with E-state index in [0.717, 1.165) is 51.1 Å². The number of nitrogens with zero attached hydrogens (tertiary/aromatic N) is 4. The molecule has 0 unspecified atom stereocenters. The standard InChI is InChI=1S/C31H47ClN8O6/c1-30(2)43-18-22(45-30)12-14-40(17-23-19-44-31(3,4)46-23)15-16-42-21-10-8-20(9-11-21)7-5-6-13-36-29(35)39-28(41)24-26(33)38-27(34)25(32)37-24/h8-11,22-23H,5-7,12-19H2,1-4H3,(H4,33,34,38)(H3,35,36,39,41)/t22-,23+/m1/s1. The summed E-state index contributed by atoms with van der Waals surface area (Å²) in [5.41, 5.74) is 18.1. The number of nitrogens with two attached hydrogens (primary N) is 3. The van der Waals surface area contributed by atoms with E-state index in [0.29, 0.717) is 26.4 Å². The Hall–Kier alpha value is -3.27. The first-order valence-electron chi connectivity index (χ1n) is 15.6. The average Bonchev–Trinajstić information content (AvgIpc) is 3.52. The monoisotopic (exact) mass is 662 g/mol. The molecule has 4 rings (SSSR count). The second-order valence-corrected chi connectivity index (χ2v) is 12.7. The zero-order chi connectivity index (χ0) is 33.3. The van der Waals surface area contributed by atoms with Crippen LogP contribution < -0.4 is 27.3 Å². The summed E-state index contributed by atoms with van der Waals surface area (Å²) in [6.45, 7) is 12.3. The van der Waals surface area contributed by atoms with E-state index >= 15 is 0 Å². The Balaban J connectivity index is 1.16. The number of anilines is 2. The van der Waals surface area contributed by atoms with Gasteiger partial charge in [0.1, 0.15) is 12.4 Å². The summed E-state index contributed by atoms with van der Waals surface area (Å²) >= 11 is 5.83. The number of unbranched alkanes of at least 4 members (excludes halogenated alkanes) is 1. The number of rotatable bonds is 15. The first-order valence-corrected chi connectivity index (χ1v) is 15.9. The van der Waals surface area contributed by atoms with E-state index in [-0.39, 0.29) is 40.7 Å². The van der Waals surface area contributed by atoms with E-state index in [2.05, 4.69) is 37.3 Å². The number of hydrogen-bond acceptors (Lipinski definition) is 12. The van der Waals surface area contributed by atoms with Gasteiger partial charge < -0.3 is 40.9 Å². The van der Waals surface area contributed by atoms with Crippen LogP contribution in [0.4, 0.5) is 11.6 Å². The predicted octanol–water partition coefficient (Wildman–Crippen LogP) is 2.74. The average molecular weight is 663 g/mol. The molecule has 2 aliphatic heterocycles. The molecule has 0 spiro atoms. The van der Waals surface area contributed by atoms with Crippen LogP contribution in [0.2, 0.25) is 5.15 Å². The molecule has 0 bridgehead atoms. The number of guanidine groups is 1. The molecule has 2 atom stereocenters. The van der Waals surface area contributed by atoms with Gasteiger partial charge in [0.05, 0.1) is 25.4 Å². The quantitative estimate of drug-likeness (QED) is 0.124. The molecule has 2 saturated heterocycles. The van der Waals surface area contributed by atoms with E-state index < -0.39 is 17.5 Å². The zero-order valence-corrected chi connectivity index (χ0v) is 27.8. The number of hydrogen-bond donors (Lipinski definition) is 4. The molecule has 3 heterocycles. The van der Waals surface area contributed by atoms with Gasteiger partial charge in [-0.05, 0) is 71.1 Å². The fraction of sp³-hybridized carbons (Fsp3) is 0.613. The number of aryl methyl sites for hydroxylation is 1. The maximum absolute atomic E-state index is 12.3. The third-order valence-electron chi connectivity index (χ3n) is 7.48. The molecule has 1 amide bonds. The summed E-state index contributed by atoms with van der Waals surface area (Å²) in [5.74, 6) is -1.18. The van der Waals surface area contributed by atoms with Crippen molar-refractivity contribution >= 4 is 35.1 Å². The fourth-order valence-corrected chi connectivity index (χ4v) is 5.30. The van der Waals surface area contributed by atoms with Gasteiger partial charge in [-0.15, -0.1) is 0 Å². The van der Waals surface area contributed by atoms with Crippen molar-refractivity contribution < 1.29 is 28.5 Å². The topological polar surface area (TPSA) is 195 Å². The highest BCUT2D eigenvalue weighted by atomic mass is 35.5. The lowest BCUT2D eigenvalue weighted by Crippen LogP contribution is -2.39. The summed E-state index contributed by atoms with van der Waals surface area (Å²) in [5, 5.41) is 2.32. The zero-order valence-electron chi connectivity index (χ0n) is 27.1. The van der Waals surface area contributed by atoms with Crippen LogP contribution in [0.25, 0.3) is 0 Å². The van der Waals surface area contributed by atoms with Gasteiger partial charge in [-0.2, -0.15) is 0 Å². The van der Waals surface area contributed by atoms with Crippen molar-refractivity contribution in [3.8, 4) is 5.75 Å². The Morgan fingerprint density at radius 3 is 2.35 bits per heavy atom. The summed E-state index contributed by atoms with van der Waals surface area (Å²) < 4.78 is 29.6. The minimum atomic E-state index is -0.664. The largest absolute Gasteiger partial charge is 0.492 e. The number of nitrogen functional groups attached to an aromatic ring is 2. The molecule has 46 heavy (non-hydrogen) atoms. The maximum Gasteiger partial charge on any atom is 0.280 e. The molecule has 14 nitrogen and oxygen atoms in total. The van der Waals surface area contributed by atoms with Crippen LogP contribution in [0.5, 0.6) is 5.75 Å². The Morgan fingerprint density at radius 2 is 1.70 bits per heavy atom. The van der Waals surface area contributed by atoms with Crippen molar-refractivity contribution in [3.05, 3.63) is 40.7 Å². The Labute approximate surface area is 275 Å². The minimum absolute atomic E-state index is 0.00999. The Morgan fingerprint density at radius 1 is 1.02 bits per heavy atom. The smallest absolute Gasteiger partial charge is 0.280 e. The highest BCUT2D eigenvalue weighted by molar-refractivity contribution is 6.31. The number of aliphatic imine (C=N–C) groups is 1. The van der Waals surface area contributed by atoms with Gasteiger partial charge in [-0.3, -0.25) is 20.0 Å². The maximum atomic E-state index is 12.3. The lowest BCUT2D eigenvalue weighted by molar-refractivity contribution is -0.143. The summed E-state index contributed by atoms with van der Waals surface area (Å²) in [4.78, 5) is 26.5. The molecule has 2 aromatic rings. The van der Waals surface area contributed by atoms with Gasteiger partial charge >= 0.3 is 0 Å². The molecule has 1 aromatic heterocycles. The van der Waals surface area contributed by atoms with Gasteiger partial charge in [-0.25, -0.2) is 9.97 Å². The molecule has 254 valence electrons. The third kappa shape index (κ3) is 11.2. The van der Waals surface area contributed by atoms with Crippen molar-refractivity contribution in [1.82, 2.24) is 20.2 Å².